The van der Waals surface area contributed by atoms with E-state index in [4.69, 9.17) is 0 Å². The summed E-state index contributed by atoms with van der Waals surface area (Å²) in [6.45, 7) is 1.15. The van der Waals surface area contributed by atoms with Gasteiger partial charge in [-0.3, -0.25) is 14.3 Å². The molecule has 14 heteroatoms. The number of nitrogens with zero attached hydrogens (tertiary/aromatic N) is 2. The van der Waals surface area contributed by atoms with Crippen LogP contribution in [0.15, 0.2) is 24.3 Å². The van der Waals surface area contributed by atoms with Crippen LogP contribution in [0.2, 0.25) is 0 Å². The molecule has 0 bridgehead atoms. The predicted octanol–water partition coefficient (Wildman–Crippen LogP) is 4.30. The number of carbonyl (C=O) groups is 2. The van der Waals surface area contributed by atoms with E-state index in [1.807, 2.05) is 0 Å². The zero-order valence-corrected chi connectivity index (χ0v) is 15.0. The standard InChI is InChI=1S/C16H12F8N4O2/c1-7(29)25-9-5-3-4-8(6-9)13(30)26-12-10(15(19,20)21)11(27-28(12)2)14(17,18)16(22,23)24/h3-6H,1-2H3,(H,25,29)(H,26,30). The summed E-state index contributed by atoms with van der Waals surface area (Å²) in [7, 11) is 0.661. The highest BCUT2D eigenvalue weighted by Crippen LogP contribution is 2.49. The van der Waals surface area contributed by atoms with Crippen molar-refractivity contribution in [1.82, 2.24) is 9.78 Å². The zero-order valence-electron chi connectivity index (χ0n) is 15.0. The lowest BCUT2D eigenvalue weighted by molar-refractivity contribution is -0.292. The SMILES string of the molecule is CC(=O)Nc1cccc(C(=O)Nc2c(C(F)(F)F)c(C(F)(F)C(F)(F)F)nn2C)c1. The van der Waals surface area contributed by atoms with Crippen molar-refractivity contribution in [2.45, 2.75) is 25.2 Å². The summed E-state index contributed by atoms with van der Waals surface area (Å²) >= 11 is 0. The molecule has 2 aromatic rings. The van der Waals surface area contributed by atoms with Crippen LogP contribution in [0, 0.1) is 0 Å². The van der Waals surface area contributed by atoms with Gasteiger partial charge in [-0.1, -0.05) is 6.07 Å². The monoisotopic (exact) mass is 444 g/mol. The molecule has 1 aromatic heterocycles. The normalized spacial score (nSPS) is 12.6. The van der Waals surface area contributed by atoms with Gasteiger partial charge in [0.05, 0.1) is 0 Å². The second kappa shape index (κ2) is 7.57. The highest BCUT2D eigenvalue weighted by molar-refractivity contribution is 6.05. The summed E-state index contributed by atoms with van der Waals surface area (Å²) in [6.07, 6.45) is -12.0. The number of hydrogen-bond acceptors (Lipinski definition) is 3. The first-order valence-electron chi connectivity index (χ1n) is 7.84. The summed E-state index contributed by atoms with van der Waals surface area (Å²) in [4.78, 5) is 23.3. The number of aryl methyl sites for hydroxylation is 1. The molecule has 164 valence electrons. The van der Waals surface area contributed by atoms with Crippen LogP contribution in [0.1, 0.15) is 28.5 Å². The van der Waals surface area contributed by atoms with Gasteiger partial charge in [0, 0.05) is 25.2 Å². The number of benzene rings is 1. The van der Waals surface area contributed by atoms with Crippen LogP contribution in [-0.4, -0.2) is 27.8 Å². The van der Waals surface area contributed by atoms with E-state index in [1.54, 1.807) is 5.32 Å². The van der Waals surface area contributed by atoms with Crippen molar-refractivity contribution in [2.24, 2.45) is 7.05 Å². The van der Waals surface area contributed by atoms with Crippen molar-refractivity contribution in [3.63, 3.8) is 0 Å². The van der Waals surface area contributed by atoms with Gasteiger partial charge in [-0.2, -0.15) is 40.2 Å². The van der Waals surface area contributed by atoms with Crippen molar-refractivity contribution in [2.75, 3.05) is 10.6 Å². The van der Waals surface area contributed by atoms with E-state index in [9.17, 15) is 44.7 Å². The Balaban J connectivity index is 2.53. The Morgan fingerprint density at radius 3 is 2.10 bits per heavy atom. The second-order valence-corrected chi connectivity index (χ2v) is 5.98. The number of aromatic nitrogens is 2. The van der Waals surface area contributed by atoms with Crippen molar-refractivity contribution in [3.05, 3.63) is 41.1 Å². The number of anilines is 2. The van der Waals surface area contributed by atoms with Crippen LogP contribution in [0.5, 0.6) is 0 Å². The summed E-state index contributed by atoms with van der Waals surface area (Å²) in [5.41, 5.74) is -5.23. The lowest BCUT2D eigenvalue weighted by Crippen LogP contribution is -2.36. The Morgan fingerprint density at radius 2 is 1.60 bits per heavy atom. The molecule has 2 amide bonds. The molecule has 0 radical (unpaired) electrons. The number of alkyl halides is 8. The first-order chi connectivity index (χ1) is 13.6. The third-order valence-electron chi connectivity index (χ3n) is 3.66. The minimum absolute atomic E-state index is 0.0629. The fourth-order valence-electron chi connectivity index (χ4n) is 2.41. The highest BCUT2D eigenvalue weighted by Gasteiger charge is 2.64. The maximum absolute atomic E-state index is 13.6. The lowest BCUT2D eigenvalue weighted by atomic mass is 10.1. The molecule has 6 nitrogen and oxygen atoms in total. The maximum atomic E-state index is 13.6. The van der Waals surface area contributed by atoms with Crippen LogP contribution < -0.4 is 10.6 Å². The van der Waals surface area contributed by atoms with Crippen molar-refractivity contribution in [1.29, 1.82) is 0 Å². The van der Waals surface area contributed by atoms with Crippen molar-refractivity contribution < 1.29 is 44.7 Å². The van der Waals surface area contributed by atoms with E-state index in [1.165, 1.54) is 12.1 Å². The molecule has 0 aliphatic rings. The molecular formula is C16H12F8N4O2. The molecule has 0 unspecified atom stereocenters. The van der Waals surface area contributed by atoms with Crippen molar-refractivity contribution >= 4 is 23.3 Å². The molecule has 0 aliphatic carbocycles. The minimum Gasteiger partial charge on any atom is -0.326 e. The number of rotatable bonds is 4. The number of amides is 2. The average Bonchev–Trinajstić information content (AvgIpc) is 2.91. The number of carbonyl (C=O) groups excluding carboxylic acids is 2. The van der Waals surface area contributed by atoms with Gasteiger partial charge in [0.25, 0.3) is 5.91 Å². The van der Waals surface area contributed by atoms with Gasteiger partial charge in [0.2, 0.25) is 5.91 Å². The van der Waals surface area contributed by atoms with Crippen molar-refractivity contribution in [3.8, 4) is 0 Å². The third-order valence-corrected chi connectivity index (χ3v) is 3.66. The number of hydrogen-bond donors (Lipinski definition) is 2. The Kier molecular flexibility index (Phi) is 5.83. The first-order valence-corrected chi connectivity index (χ1v) is 7.84. The fourth-order valence-corrected chi connectivity index (χ4v) is 2.41. The Bertz CT molecular complexity index is 979. The van der Waals surface area contributed by atoms with Crippen LogP contribution in [0.3, 0.4) is 0 Å². The molecule has 0 aliphatic heterocycles. The van der Waals surface area contributed by atoms with E-state index >= 15 is 0 Å². The molecule has 0 spiro atoms. The Morgan fingerprint density at radius 1 is 1.00 bits per heavy atom. The van der Waals surface area contributed by atoms with Gasteiger partial charge in [-0.05, 0) is 18.2 Å². The van der Waals surface area contributed by atoms with E-state index in [0.717, 1.165) is 19.1 Å². The molecular weight excluding hydrogens is 432 g/mol. The third kappa shape index (κ3) is 4.52. The molecule has 1 heterocycles. The minimum atomic E-state index is -6.35. The van der Waals surface area contributed by atoms with Gasteiger partial charge in [-0.25, -0.2) is 0 Å². The number of nitrogens with one attached hydrogen (secondary N) is 2. The summed E-state index contributed by atoms with van der Waals surface area (Å²) in [5, 5.41) is 6.64. The van der Waals surface area contributed by atoms with E-state index in [0.29, 0.717) is 7.05 Å². The van der Waals surface area contributed by atoms with Crippen LogP contribution in [0.25, 0.3) is 0 Å². The highest BCUT2D eigenvalue weighted by atomic mass is 19.4. The predicted molar refractivity (Wildman–Crippen MR) is 86.9 cm³/mol. The maximum Gasteiger partial charge on any atom is 0.459 e. The number of halogens is 8. The van der Waals surface area contributed by atoms with E-state index < -0.39 is 47.2 Å². The Labute approximate surface area is 162 Å². The molecule has 2 rings (SSSR count). The quantitative estimate of drug-likeness (QED) is 0.691. The van der Waals surface area contributed by atoms with Crippen LogP contribution in [0.4, 0.5) is 46.6 Å². The van der Waals surface area contributed by atoms with Gasteiger partial charge in [0.1, 0.15) is 11.4 Å². The fraction of sp³-hybridized carbons (Fsp3) is 0.312. The molecule has 0 fully saturated rings. The summed E-state index contributed by atoms with van der Waals surface area (Å²) < 4.78 is 105. The first kappa shape index (κ1) is 23.1. The molecule has 0 atom stereocenters. The summed E-state index contributed by atoms with van der Waals surface area (Å²) in [6, 6.07) is 4.80. The lowest BCUT2D eigenvalue weighted by Gasteiger charge is -2.19. The van der Waals surface area contributed by atoms with Gasteiger partial charge < -0.3 is 10.6 Å². The average molecular weight is 444 g/mol. The summed E-state index contributed by atoms with van der Waals surface area (Å²) in [5.74, 6) is -9.12. The largest absolute Gasteiger partial charge is 0.459 e. The smallest absolute Gasteiger partial charge is 0.326 e. The van der Waals surface area contributed by atoms with Gasteiger partial charge in [-0.15, -0.1) is 0 Å². The molecule has 0 saturated carbocycles. The molecule has 0 saturated heterocycles. The Hall–Kier alpha value is -3.19. The molecule has 30 heavy (non-hydrogen) atoms. The van der Waals surface area contributed by atoms with E-state index in [-0.39, 0.29) is 15.9 Å². The zero-order chi connectivity index (χ0) is 23.1. The van der Waals surface area contributed by atoms with Gasteiger partial charge in [0.15, 0.2) is 5.69 Å². The molecule has 2 N–H and O–H groups in total. The van der Waals surface area contributed by atoms with E-state index in [2.05, 4.69) is 10.4 Å². The van der Waals surface area contributed by atoms with Crippen LogP contribution in [-0.2, 0) is 23.9 Å². The molecule has 1 aromatic carbocycles. The topological polar surface area (TPSA) is 76.0 Å². The van der Waals surface area contributed by atoms with Crippen LogP contribution >= 0.6 is 0 Å². The second-order valence-electron chi connectivity index (χ2n) is 5.98. The van der Waals surface area contributed by atoms with Gasteiger partial charge >= 0.3 is 18.3 Å².